The van der Waals surface area contributed by atoms with Gasteiger partial charge in [0, 0.05) is 24.8 Å². The lowest BCUT2D eigenvalue weighted by atomic mass is 9.79. The predicted molar refractivity (Wildman–Crippen MR) is 111 cm³/mol. The minimum atomic E-state index is -0.331. The number of rotatable bonds is 2. The van der Waals surface area contributed by atoms with Crippen LogP contribution in [-0.4, -0.2) is 42.1 Å². The van der Waals surface area contributed by atoms with Gasteiger partial charge in [0.05, 0.1) is 6.67 Å². The third-order valence-corrected chi connectivity index (χ3v) is 7.79. The van der Waals surface area contributed by atoms with E-state index in [1.807, 2.05) is 6.07 Å². The van der Waals surface area contributed by atoms with Gasteiger partial charge in [-0.15, -0.1) is 12.4 Å². The van der Waals surface area contributed by atoms with E-state index in [-0.39, 0.29) is 23.9 Å². The molecule has 2 aliphatic carbocycles. The van der Waals surface area contributed by atoms with E-state index in [0.29, 0.717) is 6.67 Å². The summed E-state index contributed by atoms with van der Waals surface area (Å²) in [7, 11) is 0. The minimum absolute atomic E-state index is 0. The summed E-state index contributed by atoms with van der Waals surface area (Å²) in [4.78, 5) is 17.9. The Morgan fingerprint density at radius 3 is 2.48 bits per heavy atom. The molecule has 1 amide bonds. The van der Waals surface area contributed by atoms with E-state index in [1.54, 1.807) is 0 Å². The number of nitrogens with zero attached hydrogens (tertiary/aromatic N) is 2. The Kier molecular flexibility index (Phi) is 5.39. The van der Waals surface area contributed by atoms with Crippen molar-refractivity contribution in [1.82, 2.24) is 10.2 Å². The maximum atomic E-state index is 12.8. The summed E-state index contributed by atoms with van der Waals surface area (Å²) in [6.07, 6.45) is 10.5. The molecular weight excluding hydrogens is 358 g/mol. The number of piperidine rings is 1. The lowest BCUT2D eigenvalue weighted by molar-refractivity contribution is -0.125. The van der Waals surface area contributed by atoms with Crippen LogP contribution < -0.4 is 10.2 Å². The Morgan fingerprint density at radius 1 is 0.963 bits per heavy atom. The SMILES string of the molecule is Cl.O=C1NCN(c2ccccc2)C12CCN(C1CC[C@H]3CCCC[C@@H]13)CC2. The summed E-state index contributed by atoms with van der Waals surface area (Å²) in [6.45, 7) is 2.80. The summed E-state index contributed by atoms with van der Waals surface area (Å²) in [5, 5.41) is 3.13. The quantitative estimate of drug-likeness (QED) is 0.835. The molecule has 1 N–H and O–H groups in total. The van der Waals surface area contributed by atoms with Gasteiger partial charge in [0.1, 0.15) is 5.54 Å². The van der Waals surface area contributed by atoms with Crippen LogP contribution in [0.4, 0.5) is 5.69 Å². The Morgan fingerprint density at radius 2 is 1.70 bits per heavy atom. The lowest BCUT2D eigenvalue weighted by Crippen LogP contribution is -2.58. The van der Waals surface area contributed by atoms with Gasteiger partial charge >= 0.3 is 0 Å². The summed E-state index contributed by atoms with van der Waals surface area (Å²) in [5.41, 5.74) is 0.843. The average molecular weight is 390 g/mol. The average Bonchev–Trinajstić information content (AvgIpc) is 3.26. The van der Waals surface area contributed by atoms with Gasteiger partial charge in [0.25, 0.3) is 0 Å². The molecule has 1 aromatic rings. The van der Waals surface area contributed by atoms with E-state index in [9.17, 15) is 4.79 Å². The molecule has 4 aliphatic rings. The van der Waals surface area contributed by atoms with Gasteiger partial charge in [-0.25, -0.2) is 0 Å². The standard InChI is InChI=1S/C22H31N3O.ClH/c26-21-22(25(16-23-21)18-7-2-1-3-8-18)12-14-24(15-13-22)20-11-10-17-6-4-5-9-19(17)20;/h1-3,7-8,17,19-20H,4-6,9-16H2,(H,23,26);1H/t17-,19-,20?;/m1./s1. The van der Waals surface area contributed by atoms with Crippen LogP contribution in [0.1, 0.15) is 51.4 Å². The van der Waals surface area contributed by atoms with E-state index < -0.39 is 0 Å². The predicted octanol–water partition coefficient (Wildman–Crippen LogP) is 3.81. The van der Waals surface area contributed by atoms with Gasteiger partial charge in [-0.3, -0.25) is 9.69 Å². The molecule has 4 fully saturated rings. The Labute approximate surface area is 169 Å². The topological polar surface area (TPSA) is 35.6 Å². The molecule has 0 radical (unpaired) electrons. The molecule has 5 rings (SSSR count). The molecule has 2 saturated heterocycles. The number of likely N-dealkylation sites (tertiary alicyclic amines) is 1. The smallest absolute Gasteiger partial charge is 0.247 e. The monoisotopic (exact) mass is 389 g/mol. The van der Waals surface area contributed by atoms with Gasteiger partial charge in [-0.05, 0) is 56.1 Å². The zero-order chi connectivity index (χ0) is 17.6. The first-order valence-electron chi connectivity index (χ1n) is 10.6. The number of amides is 1. The number of benzene rings is 1. The van der Waals surface area contributed by atoms with Crippen molar-refractivity contribution in [3.05, 3.63) is 30.3 Å². The molecular formula is C22H32ClN3O. The molecule has 27 heavy (non-hydrogen) atoms. The molecule has 1 spiro atoms. The molecule has 0 bridgehead atoms. The number of anilines is 1. The van der Waals surface area contributed by atoms with Crippen LogP contribution >= 0.6 is 12.4 Å². The third-order valence-electron chi connectivity index (χ3n) is 7.79. The van der Waals surface area contributed by atoms with Crippen LogP contribution in [0.2, 0.25) is 0 Å². The van der Waals surface area contributed by atoms with Crippen molar-refractivity contribution in [2.45, 2.75) is 62.9 Å². The van der Waals surface area contributed by atoms with Crippen LogP contribution in [-0.2, 0) is 4.79 Å². The lowest BCUT2D eigenvalue weighted by Gasteiger charge is -2.46. The highest BCUT2D eigenvalue weighted by Crippen LogP contribution is 2.46. The summed E-state index contributed by atoms with van der Waals surface area (Å²) >= 11 is 0. The zero-order valence-corrected chi connectivity index (χ0v) is 16.9. The highest BCUT2D eigenvalue weighted by atomic mass is 35.5. The van der Waals surface area contributed by atoms with Crippen LogP contribution in [0.25, 0.3) is 0 Å². The van der Waals surface area contributed by atoms with Crippen LogP contribution in [0.5, 0.6) is 0 Å². The van der Waals surface area contributed by atoms with Crippen molar-refractivity contribution >= 4 is 24.0 Å². The third kappa shape index (κ3) is 3.15. The largest absolute Gasteiger partial charge is 0.339 e. The summed E-state index contributed by atoms with van der Waals surface area (Å²) in [5.74, 6) is 2.16. The van der Waals surface area contributed by atoms with Gasteiger partial charge in [-0.1, -0.05) is 37.5 Å². The van der Waals surface area contributed by atoms with Gasteiger partial charge in [0.15, 0.2) is 0 Å². The molecule has 1 aromatic carbocycles. The minimum Gasteiger partial charge on any atom is -0.339 e. The molecule has 148 valence electrons. The number of carbonyl (C=O) groups is 1. The molecule has 4 nitrogen and oxygen atoms in total. The second-order valence-corrected chi connectivity index (χ2v) is 8.85. The number of halogens is 1. The normalized spacial score (nSPS) is 32.8. The van der Waals surface area contributed by atoms with E-state index in [0.717, 1.165) is 43.8 Å². The van der Waals surface area contributed by atoms with Crippen molar-refractivity contribution in [1.29, 1.82) is 0 Å². The fraction of sp³-hybridized carbons (Fsp3) is 0.682. The Balaban J connectivity index is 0.00000180. The second-order valence-electron chi connectivity index (χ2n) is 8.85. The highest BCUT2D eigenvalue weighted by molar-refractivity contribution is 5.93. The fourth-order valence-electron chi connectivity index (χ4n) is 6.41. The Hall–Kier alpha value is -1.26. The number of hydrogen-bond acceptors (Lipinski definition) is 3. The van der Waals surface area contributed by atoms with Gasteiger partial charge < -0.3 is 10.2 Å². The van der Waals surface area contributed by atoms with Gasteiger partial charge in [0.2, 0.25) is 5.91 Å². The van der Waals surface area contributed by atoms with Crippen molar-refractivity contribution in [2.75, 3.05) is 24.7 Å². The molecule has 5 heteroatoms. The molecule has 2 aliphatic heterocycles. The van der Waals surface area contributed by atoms with E-state index in [2.05, 4.69) is 39.4 Å². The zero-order valence-electron chi connectivity index (χ0n) is 16.1. The first-order valence-corrected chi connectivity index (χ1v) is 10.6. The first kappa shape index (κ1) is 19.1. The fourth-order valence-corrected chi connectivity index (χ4v) is 6.41. The van der Waals surface area contributed by atoms with E-state index in [1.165, 1.54) is 44.2 Å². The Bertz CT molecular complexity index is 659. The summed E-state index contributed by atoms with van der Waals surface area (Å²) in [6, 6.07) is 11.2. The number of para-hydroxylation sites is 1. The van der Waals surface area contributed by atoms with Crippen LogP contribution in [0.15, 0.2) is 30.3 Å². The molecule has 1 unspecified atom stereocenters. The van der Waals surface area contributed by atoms with E-state index >= 15 is 0 Å². The van der Waals surface area contributed by atoms with E-state index in [4.69, 9.17) is 0 Å². The second kappa shape index (κ2) is 7.63. The molecule has 0 aromatic heterocycles. The molecule has 2 heterocycles. The number of fused-ring (bicyclic) bond motifs is 1. The van der Waals surface area contributed by atoms with Gasteiger partial charge in [-0.2, -0.15) is 0 Å². The first-order chi connectivity index (χ1) is 12.8. The van der Waals surface area contributed by atoms with Crippen molar-refractivity contribution in [3.8, 4) is 0 Å². The molecule has 2 saturated carbocycles. The maximum Gasteiger partial charge on any atom is 0.247 e. The number of nitrogens with one attached hydrogen (secondary N) is 1. The highest BCUT2D eigenvalue weighted by Gasteiger charge is 2.52. The van der Waals surface area contributed by atoms with Crippen molar-refractivity contribution in [2.24, 2.45) is 11.8 Å². The van der Waals surface area contributed by atoms with Crippen molar-refractivity contribution in [3.63, 3.8) is 0 Å². The number of hydrogen-bond donors (Lipinski definition) is 1. The molecule has 3 atom stereocenters. The van der Waals surface area contributed by atoms with Crippen LogP contribution in [0.3, 0.4) is 0 Å². The maximum absolute atomic E-state index is 12.8. The van der Waals surface area contributed by atoms with Crippen LogP contribution in [0, 0.1) is 11.8 Å². The number of carbonyl (C=O) groups excluding carboxylic acids is 1. The summed E-state index contributed by atoms with van der Waals surface area (Å²) < 4.78 is 0. The van der Waals surface area contributed by atoms with Crippen molar-refractivity contribution < 1.29 is 4.79 Å².